The zero-order valence-electron chi connectivity index (χ0n) is 18.3. The second-order valence-corrected chi connectivity index (χ2v) is 9.05. The third-order valence-electron chi connectivity index (χ3n) is 5.34. The van der Waals surface area contributed by atoms with Gasteiger partial charge in [-0.2, -0.15) is 5.26 Å². The Morgan fingerprint density at radius 1 is 1.09 bits per heavy atom. The van der Waals surface area contributed by atoms with E-state index in [0.29, 0.717) is 28.6 Å². The minimum absolute atomic E-state index is 0.0378. The summed E-state index contributed by atoms with van der Waals surface area (Å²) in [7, 11) is 0. The quantitative estimate of drug-likeness (QED) is 0.205. The van der Waals surface area contributed by atoms with Crippen LogP contribution in [0.2, 0.25) is 5.02 Å². The Kier molecular flexibility index (Phi) is 7.32. The van der Waals surface area contributed by atoms with E-state index in [4.69, 9.17) is 16.3 Å². The Balaban J connectivity index is 1.70. The molecule has 34 heavy (non-hydrogen) atoms. The van der Waals surface area contributed by atoms with Crippen molar-refractivity contribution in [2.45, 2.75) is 13.5 Å². The van der Waals surface area contributed by atoms with Crippen LogP contribution in [-0.2, 0) is 11.4 Å². The minimum Gasteiger partial charge on any atom is -0.488 e. The zero-order chi connectivity index (χ0) is 24.1. The van der Waals surface area contributed by atoms with Crippen LogP contribution in [0.3, 0.4) is 0 Å². The molecule has 0 aliphatic heterocycles. The number of rotatable bonds is 6. The predicted octanol–water partition coefficient (Wildman–Crippen LogP) is 7.69. The standard InChI is InChI=1S/C28H20BrClN2O2/c1-18-6-12-23(30)15-26(18)32-28(33)21(16-31)14-25-24-5-3-2-4-20(24)9-13-27(25)34-17-19-7-10-22(29)11-8-19/h2-15H,17H2,1H3,(H,32,33)/b21-14+. The average Bonchev–Trinajstić information content (AvgIpc) is 2.84. The number of halogens is 2. The fourth-order valence-corrected chi connectivity index (χ4v) is 3.94. The van der Waals surface area contributed by atoms with Crippen LogP contribution in [0.15, 0.2) is 88.9 Å². The molecule has 4 nitrogen and oxygen atoms in total. The van der Waals surface area contributed by atoms with Gasteiger partial charge in [-0.25, -0.2) is 0 Å². The van der Waals surface area contributed by atoms with E-state index in [1.807, 2.05) is 79.7 Å². The van der Waals surface area contributed by atoms with E-state index >= 15 is 0 Å². The number of anilines is 1. The molecular weight excluding hydrogens is 512 g/mol. The number of ether oxygens (including phenoxy) is 1. The molecule has 0 saturated heterocycles. The van der Waals surface area contributed by atoms with Gasteiger partial charge in [0, 0.05) is 20.7 Å². The molecule has 0 radical (unpaired) electrons. The first-order valence-electron chi connectivity index (χ1n) is 10.5. The first kappa shape index (κ1) is 23.6. The lowest BCUT2D eigenvalue weighted by molar-refractivity contribution is -0.112. The maximum absolute atomic E-state index is 13.0. The van der Waals surface area contributed by atoms with E-state index in [-0.39, 0.29) is 5.57 Å². The number of carbonyl (C=O) groups excluding carboxylic acids is 1. The lowest BCUT2D eigenvalue weighted by Crippen LogP contribution is -2.14. The van der Waals surface area contributed by atoms with Gasteiger partial charge in [0.25, 0.3) is 5.91 Å². The molecule has 0 aromatic heterocycles. The van der Waals surface area contributed by atoms with Crippen molar-refractivity contribution < 1.29 is 9.53 Å². The molecule has 4 aromatic carbocycles. The molecule has 1 N–H and O–H groups in total. The fourth-order valence-electron chi connectivity index (χ4n) is 3.50. The summed E-state index contributed by atoms with van der Waals surface area (Å²) in [6.45, 7) is 2.21. The molecule has 0 aliphatic carbocycles. The molecule has 0 saturated carbocycles. The third kappa shape index (κ3) is 5.48. The summed E-state index contributed by atoms with van der Waals surface area (Å²) < 4.78 is 7.12. The number of nitrogens with one attached hydrogen (secondary N) is 1. The number of fused-ring (bicyclic) bond motifs is 1. The Morgan fingerprint density at radius 3 is 2.62 bits per heavy atom. The largest absolute Gasteiger partial charge is 0.488 e. The normalized spacial score (nSPS) is 11.2. The molecule has 0 spiro atoms. The molecular formula is C28H20BrClN2O2. The van der Waals surface area contributed by atoms with E-state index in [1.165, 1.54) is 0 Å². The summed E-state index contributed by atoms with van der Waals surface area (Å²) >= 11 is 9.51. The van der Waals surface area contributed by atoms with Crippen molar-refractivity contribution in [3.05, 3.63) is 111 Å². The Labute approximate surface area is 211 Å². The fraction of sp³-hybridized carbons (Fsp3) is 0.0714. The first-order valence-corrected chi connectivity index (χ1v) is 11.7. The van der Waals surface area contributed by atoms with Gasteiger partial charge < -0.3 is 10.1 Å². The second kappa shape index (κ2) is 10.6. The van der Waals surface area contributed by atoms with Crippen LogP contribution in [-0.4, -0.2) is 5.91 Å². The maximum Gasteiger partial charge on any atom is 0.266 e. The van der Waals surface area contributed by atoms with E-state index < -0.39 is 5.91 Å². The number of nitrogens with zero attached hydrogens (tertiary/aromatic N) is 1. The van der Waals surface area contributed by atoms with Crippen LogP contribution in [0.25, 0.3) is 16.8 Å². The topological polar surface area (TPSA) is 62.1 Å². The Morgan fingerprint density at radius 2 is 1.85 bits per heavy atom. The van der Waals surface area contributed by atoms with Crippen LogP contribution in [0, 0.1) is 18.3 Å². The van der Waals surface area contributed by atoms with Crippen molar-refractivity contribution in [1.82, 2.24) is 0 Å². The summed E-state index contributed by atoms with van der Waals surface area (Å²) in [6.07, 6.45) is 1.58. The summed E-state index contributed by atoms with van der Waals surface area (Å²) in [6, 6.07) is 26.7. The van der Waals surface area contributed by atoms with Gasteiger partial charge in [-0.15, -0.1) is 0 Å². The van der Waals surface area contributed by atoms with Gasteiger partial charge in [-0.1, -0.05) is 76.1 Å². The highest BCUT2D eigenvalue weighted by molar-refractivity contribution is 9.10. The van der Waals surface area contributed by atoms with E-state index in [9.17, 15) is 10.1 Å². The summed E-state index contributed by atoms with van der Waals surface area (Å²) in [5.74, 6) is 0.0702. The number of hydrogen-bond acceptors (Lipinski definition) is 3. The number of aryl methyl sites for hydroxylation is 1. The lowest BCUT2D eigenvalue weighted by atomic mass is 10.0. The maximum atomic E-state index is 13.0. The van der Waals surface area contributed by atoms with Crippen molar-refractivity contribution >= 4 is 56.0 Å². The van der Waals surface area contributed by atoms with Crippen LogP contribution in [0.5, 0.6) is 5.75 Å². The smallest absolute Gasteiger partial charge is 0.266 e. The van der Waals surface area contributed by atoms with Gasteiger partial charge in [0.05, 0.1) is 0 Å². The summed E-state index contributed by atoms with van der Waals surface area (Å²) in [5, 5.41) is 15.0. The molecule has 6 heteroatoms. The van der Waals surface area contributed by atoms with Gasteiger partial charge in [-0.3, -0.25) is 4.79 Å². The molecule has 1 amide bonds. The van der Waals surface area contributed by atoms with Crippen LogP contribution < -0.4 is 10.1 Å². The number of nitriles is 1. The molecule has 0 heterocycles. The zero-order valence-corrected chi connectivity index (χ0v) is 20.7. The molecule has 4 aromatic rings. The number of carbonyl (C=O) groups is 1. The summed E-state index contributed by atoms with van der Waals surface area (Å²) in [4.78, 5) is 13.0. The number of benzene rings is 4. The predicted molar refractivity (Wildman–Crippen MR) is 141 cm³/mol. The first-order chi connectivity index (χ1) is 16.4. The van der Waals surface area contributed by atoms with Crippen molar-refractivity contribution in [3.63, 3.8) is 0 Å². The van der Waals surface area contributed by atoms with Gasteiger partial charge in [0.1, 0.15) is 24.0 Å². The SMILES string of the molecule is Cc1ccc(Cl)cc1NC(=O)/C(C#N)=C/c1c(OCc2ccc(Br)cc2)ccc2ccccc12. The molecule has 0 fully saturated rings. The number of amides is 1. The third-order valence-corrected chi connectivity index (χ3v) is 6.10. The molecule has 168 valence electrons. The Bertz CT molecular complexity index is 1440. The van der Waals surface area contributed by atoms with Crippen molar-refractivity contribution in [3.8, 4) is 11.8 Å². The molecule has 0 unspecified atom stereocenters. The highest BCUT2D eigenvalue weighted by Crippen LogP contribution is 2.31. The van der Waals surface area contributed by atoms with Gasteiger partial charge in [-0.05, 0) is 65.2 Å². The van der Waals surface area contributed by atoms with E-state index in [0.717, 1.165) is 26.4 Å². The Hall–Kier alpha value is -3.59. The second-order valence-electron chi connectivity index (χ2n) is 7.70. The molecule has 4 rings (SSSR count). The molecule has 0 bridgehead atoms. The summed E-state index contributed by atoms with van der Waals surface area (Å²) in [5.41, 5.74) is 3.04. The average molecular weight is 532 g/mol. The van der Waals surface area contributed by atoms with Gasteiger partial charge >= 0.3 is 0 Å². The molecule has 0 atom stereocenters. The van der Waals surface area contributed by atoms with Crippen molar-refractivity contribution in [1.29, 1.82) is 5.26 Å². The van der Waals surface area contributed by atoms with E-state index in [1.54, 1.807) is 18.2 Å². The van der Waals surface area contributed by atoms with Crippen LogP contribution in [0.4, 0.5) is 5.69 Å². The van der Waals surface area contributed by atoms with Crippen LogP contribution in [0.1, 0.15) is 16.7 Å². The van der Waals surface area contributed by atoms with E-state index in [2.05, 4.69) is 21.2 Å². The minimum atomic E-state index is -0.514. The van der Waals surface area contributed by atoms with Gasteiger partial charge in [0.15, 0.2) is 0 Å². The van der Waals surface area contributed by atoms with Crippen LogP contribution >= 0.6 is 27.5 Å². The van der Waals surface area contributed by atoms with Crippen molar-refractivity contribution in [2.24, 2.45) is 0 Å². The van der Waals surface area contributed by atoms with Crippen molar-refractivity contribution in [2.75, 3.05) is 5.32 Å². The highest BCUT2D eigenvalue weighted by atomic mass is 79.9. The highest BCUT2D eigenvalue weighted by Gasteiger charge is 2.15. The lowest BCUT2D eigenvalue weighted by Gasteiger charge is -2.13. The molecule has 0 aliphatic rings. The number of hydrogen-bond donors (Lipinski definition) is 1. The monoisotopic (exact) mass is 530 g/mol. The van der Waals surface area contributed by atoms with Gasteiger partial charge in [0.2, 0.25) is 0 Å².